The van der Waals surface area contributed by atoms with Gasteiger partial charge in [0.1, 0.15) is 42.0 Å². The lowest BCUT2D eigenvalue weighted by molar-refractivity contribution is -0.290. The molecule has 0 aromatic heterocycles. The lowest BCUT2D eigenvalue weighted by Crippen LogP contribution is -2.75. The third-order valence-corrected chi connectivity index (χ3v) is 8.79. The van der Waals surface area contributed by atoms with Crippen LogP contribution in [-0.2, 0) is 19.0 Å². The van der Waals surface area contributed by atoms with Crippen LogP contribution >= 0.6 is 0 Å². The van der Waals surface area contributed by atoms with Gasteiger partial charge in [-0.15, -0.1) is 0 Å². The van der Waals surface area contributed by atoms with Gasteiger partial charge in [0.2, 0.25) is 0 Å². The Labute approximate surface area is 196 Å². The fraction of sp³-hybridized carbons (Fsp3) is 0.667. The predicted octanol–water partition coefficient (Wildman–Crippen LogP) is -0.851. The van der Waals surface area contributed by atoms with Gasteiger partial charge in [0.05, 0.1) is 24.4 Å². The maximum absolute atomic E-state index is 13.3. The number of rotatable bonds is 6. The molecule has 5 N–H and O–H groups in total. The second kappa shape index (κ2) is 7.97. The van der Waals surface area contributed by atoms with Crippen molar-refractivity contribution in [1.82, 2.24) is 0 Å². The third-order valence-electron chi connectivity index (χ3n) is 8.79. The quantitative estimate of drug-likeness (QED) is 0.325. The van der Waals surface area contributed by atoms with E-state index in [1.54, 1.807) is 37.3 Å². The van der Waals surface area contributed by atoms with Crippen molar-refractivity contribution in [2.45, 2.75) is 68.4 Å². The van der Waals surface area contributed by atoms with Crippen molar-refractivity contribution in [3.8, 4) is 0 Å². The molecular formula is C24H30O10. The minimum Gasteiger partial charge on any atom is -0.461 e. The van der Waals surface area contributed by atoms with Crippen molar-refractivity contribution in [3.05, 3.63) is 35.9 Å². The highest BCUT2D eigenvalue weighted by Crippen LogP contribution is 2.78. The molecule has 10 nitrogen and oxygen atoms in total. The molecule has 5 fully saturated rings. The predicted molar refractivity (Wildman–Crippen MR) is 113 cm³/mol. The first kappa shape index (κ1) is 23.7. The zero-order chi connectivity index (χ0) is 24.5. The Balaban J connectivity index is 1.46. The molecule has 0 radical (unpaired) electrons. The summed E-state index contributed by atoms with van der Waals surface area (Å²) in [6.45, 7) is 0.838. The third kappa shape index (κ3) is 2.96. The number of fused-ring (bicyclic) bond motifs is 1. The van der Waals surface area contributed by atoms with Crippen LogP contribution in [0.3, 0.4) is 0 Å². The first-order chi connectivity index (χ1) is 16.1. The smallest absolute Gasteiger partial charge is 0.338 e. The summed E-state index contributed by atoms with van der Waals surface area (Å²) in [5, 5.41) is 51.4. The van der Waals surface area contributed by atoms with Crippen molar-refractivity contribution in [2.24, 2.45) is 16.7 Å². The average molecular weight is 478 g/mol. The van der Waals surface area contributed by atoms with E-state index in [4.69, 9.17) is 14.2 Å². The number of carbonyl (C=O) groups excluding carboxylic acids is 2. The van der Waals surface area contributed by atoms with Crippen LogP contribution in [0.25, 0.3) is 0 Å². The summed E-state index contributed by atoms with van der Waals surface area (Å²) in [4.78, 5) is 26.0. The molecule has 10 atom stereocenters. The fourth-order valence-corrected chi connectivity index (χ4v) is 6.94. The molecule has 1 aromatic carbocycles. The summed E-state index contributed by atoms with van der Waals surface area (Å²) in [7, 11) is 0. The SMILES string of the molecule is C[C@]12C[C@@H](O)[C@@H]3CC1(CC1OC(CO)C(O)C(O)C1O)C3(COC(=O)c1ccccc1)C(=O)O2. The summed E-state index contributed by atoms with van der Waals surface area (Å²) in [6, 6.07) is 8.34. The van der Waals surface area contributed by atoms with Gasteiger partial charge in [-0.05, 0) is 31.9 Å². The van der Waals surface area contributed by atoms with Crippen LogP contribution < -0.4 is 0 Å². The minimum absolute atomic E-state index is 0.0444. The number of hydrogen-bond donors (Lipinski definition) is 5. The molecule has 7 unspecified atom stereocenters. The number of aliphatic hydroxyl groups excluding tert-OH is 5. The van der Waals surface area contributed by atoms with Gasteiger partial charge in [-0.3, -0.25) is 4.79 Å². The molecule has 0 amide bonds. The van der Waals surface area contributed by atoms with Crippen LogP contribution in [0.15, 0.2) is 30.3 Å². The maximum Gasteiger partial charge on any atom is 0.338 e. The topological polar surface area (TPSA) is 163 Å². The van der Waals surface area contributed by atoms with Crippen LogP contribution in [-0.4, -0.2) is 92.9 Å². The van der Waals surface area contributed by atoms with Crippen molar-refractivity contribution in [3.63, 3.8) is 0 Å². The minimum atomic E-state index is -1.55. The Hall–Kier alpha value is -2.08. The van der Waals surface area contributed by atoms with Gasteiger partial charge in [-0.1, -0.05) is 18.2 Å². The van der Waals surface area contributed by atoms with E-state index < -0.39 is 77.5 Å². The molecule has 2 saturated heterocycles. The Morgan fingerprint density at radius 3 is 2.41 bits per heavy atom. The highest BCUT2D eigenvalue weighted by molar-refractivity contribution is 5.90. The molecule has 3 aliphatic carbocycles. The van der Waals surface area contributed by atoms with Crippen molar-refractivity contribution < 1.29 is 49.3 Å². The number of aliphatic hydroxyl groups is 5. The molecule has 186 valence electrons. The Morgan fingerprint density at radius 1 is 1.06 bits per heavy atom. The van der Waals surface area contributed by atoms with E-state index in [9.17, 15) is 35.1 Å². The standard InChI is InChI=1S/C24H30O10/c1-22-8-14(26)13-7-23(22,9-15-17(27)19(29)18(28)16(10-25)33-15)24(13,21(31)34-22)11-32-20(30)12-5-3-2-4-6-12/h2-6,13-19,25-29H,7-11H2,1H3/t13-,14+,15?,16?,17?,18?,19?,22-,23?,24?/m0/s1. The molecule has 1 aromatic rings. The second-order valence-corrected chi connectivity index (χ2v) is 10.3. The van der Waals surface area contributed by atoms with Crippen LogP contribution in [0.4, 0.5) is 0 Å². The molecule has 10 heteroatoms. The summed E-state index contributed by atoms with van der Waals surface area (Å²) < 4.78 is 17.2. The molecule has 4 bridgehead atoms. The van der Waals surface area contributed by atoms with Gasteiger partial charge in [0.25, 0.3) is 0 Å². The van der Waals surface area contributed by atoms with Gasteiger partial charge in [0.15, 0.2) is 0 Å². The summed E-state index contributed by atoms with van der Waals surface area (Å²) in [5.41, 5.74) is -3.09. The summed E-state index contributed by atoms with van der Waals surface area (Å²) in [6.07, 6.45) is -6.88. The molecule has 6 rings (SSSR count). The number of esters is 2. The van der Waals surface area contributed by atoms with Crippen molar-refractivity contribution in [2.75, 3.05) is 13.2 Å². The second-order valence-electron chi connectivity index (χ2n) is 10.3. The van der Waals surface area contributed by atoms with E-state index in [0.29, 0.717) is 12.0 Å². The normalized spacial score (nSPS) is 47.0. The molecule has 34 heavy (non-hydrogen) atoms. The van der Waals surface area contributed by atoms with E-state index in [2.05, 4.69) is 0 Å². The molecule has 5 aliphatic rings. The number of benzene rings is 1. The van der Waals surface area contributed by atoms with Crippen LogP contribution in [0.1, 0.15) is 36.5 Å². The van der Waals surface area contributed by atoms with Crippen molar-refractivity contribution >= 4 is 11.9 Å². The van der Waals surface area contributed by atoms with Gasteiger partial charge < -0.3 is 39.7 Å². The average Bonchev–Trinajstić information content (AvgIpc) is 2.88. The van der Waals surface area contributed by atoms with Gasteiger partial charge in [-0.2, -0.15) is 0 Å². The van der Waals surface area contributed by atoms with Crippen LogP contribution in [0, 0.1) is 16.7 Å². The molecule has 0 spiro atoms. The molecule has 2 heterocycles. The lowest BCUT2D eigenvalue weighted by Gasteiger charge is -2.67. The van der Waals surface area contributed by atoms with E-state index in [1.165, 1.54) is 0 Å². The zero-order valence-electron chi connectivity index (χ0n) is 18.7. The summed E-state index contributed by atoms with van der Waals surface area (Å²) >= 11 is 0. The van der Waals surface area contributed by atoms with E-state index in [1.807, 2.05) is 0 Å². The maximum atomic E-state index is 13.3. The number of carbonyl (C=O) groups is 2. The lowest BCUT2D eigenvalue weighted by atomic mass is 9.34. The van der Waals surface area contributed by atoms with E-state index in [-0.39, 0.29) is 19.4 Å². The Morgan fingerprint density at radius 2 is 1.74 bits per heavy atom. The highest BCUT2D eigenvalue weighted by Gasteiger charge is 2.86. The van der Waals surface area contributed by atoms with Gasteiger partial charge in [0, 0.05) is 17.8 Å². The zero-order valence-corrected chi connectivity index (χ0v) is 18.7. The summed E-state index contributed by atoms with van der Waals surface area (Å²) in [5.74, 6) is -1.70. The fourth-order valence-electron chi connectivity index (χ4n) is 6.94. The number of hydrogen-bond acceptors (Lipinski definition) is 10. The van der Waals surface area contributed by atoms with Crippen LogP contribution in [0.2, 0.25) is 0 Å². The molecular weight excluding hydrogens is 448 g/mol. The Bertz CT molecular complexity index is 968. The van der Waals surface area contributed by atoms with E-state index in [0.717, 1.165) is 0 Å². The van der Waals surface area contributed by atoms with Gasteiger partial charge in [-0.25, -0.2) is 4.79 Å². The van der Waals surface area contributed by atoms with Gasteiger partial charge >= 0.3 is 11.9 Å². The van der Waals surface area contributed by atoms with E-state index >= 15 is 0 Å². The molecule has 3 saturated carbocycles. The largest absolute Gasteiger partial charge is 0.461 e. The first-order valence-corrected chi connectivity index (χ1v) is 11.5. The highest BCUT2D eigenvalue weighted by atomic mass is 16.6. The molecule has 2 aliphatic heterocycles. The number of ether oxygens (including phenoxy) is 3. The van der Waals surface area contributed by atoms with Crippen LogP contribution in [0.5, 0.6) is 0 Å². The van der Waals surface area contributed by atoms with Crippen molar-refractivity contribution in [1.29, 1.82) is 0 Å². The Kier molecular flexibility index (Phi) is 5.55. The first-order valence-electron chi connectivity index (χ1n) is 11.5. The monoisotopic (exact) mass is 478 g/mol.